The van der Waals surface area contributed by atoms with Gasteiger partial charge < -0.3 is 4.74 Å². The number of hydrogen-bond donors (Lipinski definition) is 0. The van der Waals surface area contributed by atoms with Crippen LogP contribution in [-0.4, -0.2) is 6.61 Å². The second kappa shape index (κ2) is 10.8. The second-order valence-corrected chi connectivity index (χ2v) is 5.70. The Morgan fingerprint density at radius 2 is 1.50 bits per heavy atom. The van der Waals surface area contributed by atoms with Crippen LogP contribution in [-0.2, 0) is 12.8 Å². The number of ether oxygens (including phenoxy) is 1. The van der Waals surface area contributed by atoms with E-state index in [1.807, 2.05) is 0 Å². The molecule has 1 rings (SSSR count). The van der Waals surface area contributed by atoms with Gasteiger partial charge in [0, 0.05) is 0 Å². The molecule has 0 saturated heterocycles. The molecule has 0 amide bonds. The van der Waals surface area contributed by atoms with E-state index in [2.05, 4.69) is 39.0 Å². The van der Waals surface area contributed by atoms with Crippen LogP contribution in [0.2, 0.25) is 0 Å². The summed E-state index contributed by atoms with van der Waals surface area (Å²) in [5.74, 6) is 1.11. The SMILES string of the molecule is CCCCCc1ccc(OCCC)c(CCCCC)c1. The van der Waals surface area contributed by atoms with Crippen molar-refractivity contribution in [2.75, 3.05) is 6.61 Å². The third kappa shape index (κ3) is 6.45. The van der Waals surface area contributed by atoms with Gasteiger partial charge in [-0.3, -0.25) is 0 Å². The summed E-state index contributed by atoms with van der Waals surface area (Å²) in [7, 11) is 0. The Balaban J connectivity index is 2.67. The summed E-state index contributed by atoms with van der Waals surface area (Å²) < 4.78 is 5.90. The van der Waals surface area contributed by atoms with Crippen LogP contribution in [0.4, 0.5) is 0 Å². The largest absolute Gasteiger partial charge is 0.493 e. The third-order valence-electron chi connectivity index (χ3n) is 3.71. The zero-order valence-electron chi connectivity index (χ0n) is 13.7. The van der Waals surface area contributed by atoms with E-state index in [-0.39, 0.29) is 0 Å². The van der Waals surface area contributed by atoms with Gasteiger partial charge in [-0.1, -0.05) is 58.6 Å². The van der Waals surface area contributed by atoms with Crippen LogP contribution >= 0.6 is 0 Å². The average Bonchev–Trinajstić information content (AvgIpc) is 2.47. The van der Waals surface area contributed by atoms with Gasteiger partial charge in [0.2, 0.25) is 0 Å². The highest BCUT2D eigenvalue weighted by molar-refractivity contribution is 5.37. The van der Waals surface area contributed by atoms with Gasteiger partial charge in [-0.15, -0.1) is 0 Å². The van der Waals surface area contributed by atoms with Crippen LogP contribution in [0.5, 0.6) is 5.75 Å². The molecule has 1 nitrogen and oxygen atoms in total. The van der Waals surface area contributed by atoms with E-state index in [0.717, 1.165) is 25.2 Å². The van der Waals surface area contributed by atoms with E-state index in [0.29, 0.717) is 0 Å². The molecule has 114 valence electrons. The highest BCUT2D eigenvalue weighted by Gasteiger charge is 2.05. The smallest absolute Gasteiger partial charge is 0.122 e. The van der Waals surface area contributed by atoms with Gasteiger partial charge >= 0.3 is 0 Å². The molecule has 0 heterocycles. The van der Waals surface area contributed by atoms with E-state index >= 15 is 0 Å². The monoisotopic (exact) mass is 276 g/mol. The Labute approximate surface area is 125 Å². The maximum absolute atomic E-state index is 5.90. The van der Waals surface area contributed by atoms with Gasteiger partial charge in [0.1, 0.15) is 5.75 Å². The molecule has 0 atom stereocenters. The quantitative estimate of drug-likeness (QED) is 0.454. The highest BCUT2D eigenvalue weighted by Crippen LogP contribution is 2.24. The van der Waals surface area contributed by atoms with Crippen molar-refractivity contribution in [2.45, 2.75) is 78.6 Å². The second-order valence-electron chi connectivity index (χ2n) is 5.70. The Kier molecular flexibility index (Phi) is 9.19. The van der Waals surface area contributed by atoms with Crippen molar-refractivity contribution >= 4 is 0 Å². The van der Waals surface area contributed by atoms with E-state index < -0.39 is 0 Å². The number of rotatable bonds is 11. The van der Waals surface area contributed by atoms with Gasteiger partial charge in [-0.2, -0.15) is 0 Å². The molecule has 1 aromatic carbocycles. The average molecular weight is 276 g/mol. The number of unbranched alkanes of at least 4 members (excludes halogenated alkanes) is 4. The third-order valence-corrected chi connectivity index (χ3v) is 3.71. The van der Waals surface area contributed by atoms with Crippen molar-refractivity contribution in [3.63, 3.8) is 0 Å². The number of aryl methyl sites for hydroxylation is 2. The van der Waals surface area contributed by atoms with Gasteiger partial charge in [0.25, 0.3) is 0 Å². The molecule has 0 aliphatic carbocycles. The molecule has 0 bridgehead atoms. The molecule has 0 aliphatic rings. The Morgan fingerprint density at radius 3 is 2.15 bits per heavy atom. The van der Waals surface area contributed by atoms with Crippen LogP contribution in [0.3, 0.4) is 0 Å². The Bertz CT molecular complexity index is 357. The van der Waals surface area contributed by atoms with E-state index in [1.54, 1.807) is 0 Å². The maximum Gasteiger partial charge on any atom is 0.122 e. The minimum Gasteiger partial charge on any atom is -0.493 e. The predicted octanol–water partition coefficient (Wildman–Crippen LogP) is 5.94. The van der Waals surface area contributed by atoms with Crippen molar-refractivity contribution in [1.29, 1.82) is 0 Å². The fraction of sp³-hybridized carbons (Fsp3) is 0.684. The molecular formula is C19H32O. The topological polar surface area (TPSA) is 9.23 Å². The summed E-state index contributed by atoms with van der Waals surface area (Å²) in [4.78, 5) is 0. The van der Waals surface area contributed by atoms with Crippen molar-refractivity contribution in [3.05, 3.63) is 29.3 Å². The van der Waals surface area contributed by atoms with Crippen LogP contribution in [0, 0.1) is 0 Å². The maximum atomic E-state index is 5.90. The number of benzene rings is 1. The van der Waals surface area contributed by atoms with E-state index in [4.69, 9.17) is 4.74 Å². The zero-order chi connectivity index (χ0) is 14.6. The highest BCUT2D eigenvalue weighted by atomic mass is 16.5. The van der Waals surface area contributed by atoms with Gasteiger partial charge in [-0.25, -0.2) is 0 Å². The van der Waals surface area contributed by atoms with Gasteiger partial charge in [0.05, 0.1) is 6.61 Å². The van der Waals surface area contributed by atoms with Crippen LogP contribution in [0.1, 0.15) is 76.8 Å². The van der Waals surface area contributed by atoms with Crippen molar-refractivity contribution in [1.82, 2.24) is 0 Å². The fourth-order valence-electron chi connectivity index (χ4n) is 2.48. The van der Waals surface area contributed by atoms with E-state index in [1.165, 1.54) is 56.1 Å². The first-order valence-corrected chi connectivity index (χ1v) is 8.56. The normalized spacial score (nSPS) is 10.8. The molecule has 0 fully saturated rings. The Morgan fingerprint density at radius 1 is 0.800 bits per heavy atom. The van der Waals surface area contributed by atoms with E-state index in [9.17, 15) is 0 Å². The lowest BCUT2D eigenvalue weighted by Crippen LogP contribution is -2.00. The molecule has 1 heteroatoms. The standard InChI is InChI=1S/C19H32O/c1-4-7-9-11-17-13-14-19(20-15-6-3)18(16-17)12-10-8-5-2/h13-14,16H,4-12,15H2,1-3H3. The molecule has 20 heavy (non-hydrogen) atoms. The fourth-order valence-corrected chi connectivity index (χ4v) is 2.48. The minimum atomic E-state index is 0.829. The van der Waals surface area contributed by atoms with Gasteiger partial charge in [-0.05, 0) is 49.3 Å². The van der Waals surface area contributed by atoms with Crippen molar-refractivity contribution in [3.8, 4) is 5.75 Å². The van der Waals surface area contributed by atoms with Crippen LogP contribution in [0.15, 0.2) is 18.2 Å². The lowest BCUT2D eigenvalue weighted by Gasteiger charge is -2.13. The summed E-state index contributed by atoms with van der Waals surface area (Å²) in [6, 6.07) is 6.83. The molecule has 0 spiro atoms. The molecule has 1 aromatic rings. The first-order chi connectivity index (χ1) is 9.81. The molecular weight excluding hydrogens is 244 g/mol. The minimum absolute atomic E-state index is 0.829. The summed E-state index contributed by atoms with van der Waals surface area (Å²) in [5, 5.41) is 0. The molecule has 0 unspecified atom stereocenters. The Hall–Kier alpha value is -0.980. The lowest BCUT2D eigenvalue weighted by molar-refractivity contribution is 0.313. The number of hydrogen-bond acceptors (Lipinski definition) is 1. The summed E-state index contributed by atoms with van der Waals surface area (Å²) in [5.41, 5.74) is 2.90. The predicted molar refractivity (Wildman–Crippen MR) is 88.7 cm³/mol. The molecule has 0 saturated carbocycles. The molecule has 0 aromatic heterocycles. The summed E-state index contributed by atoms with van der Waals surface area (Å²) >= 11 is 0. The van der Waals surface area contributed by atoms with Crippen molar-refractivity contribution in [2.24, 2.45) is 0 Å². The van der Waals surface area contributed by atoms with Crippen molar-refractivity contribution < 1.29 is 4.74 Å². The van der Waals surface area contributed by atoms with Crippen LogP contribution in [0.25, 0.3) is 0 Å². The molecule has 0 aliphatic heterocycles. The zero-order valence-corrected chi connectivity index (χ0v) is 13.7. The lowest BCUT2D eigenvalue weighted by atomic mass is 10.0. The summed E-state index contributed by atoms with van der Waals surface area (Å²) in [6.07, 6.45) is 11.2. The summed E-state index contributed by atoms with van der Waals surface area (Å²) in [6.45, 7) is 7.51. The van der Waals surface area contributed by atoms with Crippen LogP contribution < -0.4 is 4.74 Å². The molecule has 0 radical (unpaired) electrons. The first kappa shape index (κ1) is 17.1. The van der Waals surface area contributed by atoms with Gasteiger partial charge in [0.15, 0.2) is 0 Å². The molecule has 0 N–H and O–H groups in total. The first-order valence-electron chi connectivity index (χ1n) is 8.56.